The summed E-state index contributed by atoms with van der Waals surface area (Å²) in [6.45, 7) is 0. The van der Waals surface area contributed by atoms with Crippen molar-refractivity contribution in [2.45, 2.75) is 0 Å². The predicted octanol–water partition coefficient (Wildman–Crippen LogP) is 12.6. The van der Waals surface area contributed by atoms with E-state index in [1.165, 1.54) is 54.6 Å². The number of para-hydroxylation sites is 1. The van der Waals surface area contributed by atoms with E-state index in [2.05, 4.69) is 170 Å². The van der Waals surface area contributed by atoms with Crippen LogP contribution in [0.3, 0.4) is 0 Å². The van der Waals surface area contributed by atoms with Crippen molar-refractivity contribution < 1.29 is 4.42 Å². The topological polar surface area (TPSA) is 13.1 Å². The van der Waals surface area contributed by atoms with E-state index in [0.29, 0.717) is 0 Å². The molecular formula is C44H30O. The van der Waals surface area contributed by atoms with E-state index in [1.807, 2.05) is 12.1 Å². The van der Waals surface area contributed by atoms with Gasteiger partial charge < -0.3 is 4.42 Å². The van der Waals surface area contributed by atoms with Crippen LogP contribution in [0.25, 0.3) is 76.9 Å². The van der Waals surface area contributed by atoms with Gasteiger partial charge >= 0.3 is 0 Å². The zero-order chi connectivity index (χ0) is 30.0. The molecule has 0 bridgehead atoms. The molecule has 0 fully saturated rings. The van der Waals surface area contributed by atoms with E-state index in [-0.39, 0.29) is 0 Å². The molecule has 0 atom stereocenters. The Hall–Kier alpha value is -5.92. The summed E-state index contributed by atoms with van der Waals surface area (Å²) in [5, 5.41) is 8.71. The number of hydrogen-bond donors (Lipinski definition) is 0. The average Bonchev–Trinajstić information content (AvgIpc) is 3.55. The maximum Gasteiger partial charge on any atom is 0.136 e. The third kappa shape index (κ3) is 5.15. The first-order valence-corrected chi connectivity index (χ1v) is 15.3. The molecule has 9 rings (SSSR count). The Bertz CT molecular complexity index is 2330. The van der Waals surface area contributed by atoms with Crippen LogP contribution in [0.2, 0.25) is 0 Å². The normalized spacial score (nSPS) is 11.1. The van der Waals surface area contributed by atoms with Crippen LogP contribution in [0.1, 0.15) is 0 Å². The summed E-state index contributed by atoms with van der Waals surface area (Å²) in [7, 11) is 0. The SMILES string of the molecule is c1ccc(-c2ccc3cc4ccccc4cc3c2-c2ccccc2-c2cc3ccccc3o2)cc1.c1ccc2ccccc2c1. The monoisotopic (exact) mass is 574 g/mol. The van der Waals surface area contributed by atoms with Gasteiger partial charge in [-0.15, -0.1) is 0 Å². The molecule has 45 heavy (non-hydrogen) atoms. The van der Waals surface area contributed by atoms with Gasteiger partial charge in [0.25, 0.3) is 0 Å². The Labute approximate surface area is 262 Å². The second-order valence-electron chi connectivity index (χ2n) is 11.3. The molecule has 0 spiro atoms. The van der Waals surface area contributed by atoms with Crippen molar-refractivity contribution in [1.82, 2.24) is 0 Å². The van der Waals surface area contributed by atoms with Crippen LogP contribution >= 0.6 is 0 Å². The molecule has 0 aliphatic rings. The van der Waals surface area contributed by atoms with Crippen LogP contribution < -0.4 is 0 Å². The zero-order valence-electron chi connectivity index (χ0n) is 24.7. The molecule has 212 valence electrons. The average molecular weight is 575 g/mol. The Morgan fingerprint density at radius 1 is 0.311 bits per heavy atom. The minimum absolute atomic E-state index is 0.888. The number of furan rings is 1. The molecule has 1 aromatic heterocycles. The van der Waals surface area contributed by atoms with E-state index in [1.54, 1.807) is 0 Å². The summed E-state index contributed by atoms with van der Waals surface area (Å²) < 4.78 is 6.34. The van der Waals surface area contributed by atoms with Crippen LogP contribution in [0.5, 0.6) is 0 Å². The van der Waals surface area contributed by atoms with E-state index in [0.717, 1.165) is 22.3 Å². The summed E-state index contributed by atoms with van der Waals surface area (Å²) in [5.74, 6) is 0.888. The van der Waals surface area contributed by atoms with Gasteiger partial charge in [0.15, 0.2) is 0 Å². The lowest BCUT2D eigenvalue weighted by Crippen LogP contribution is -1.91. The lowest BCUT2D eigenvalue weighted by atomic mass is 9.86. The maximum atomic E-state index is 6.34. The van der Waals surface area contributed by atoms with Crippen molar-refractivity contribution in [2.75, 3.05) is 0 Å². The van der Waals surface area contributed by atoms with Crippen LogP contribution in [0.15, 0.2) is 186 Å². The molecule has 1 heteroatoms. The van der Waals surface area contributed by atoms with Gasteiger partial charge in [0.05, 0.1) is 0 Å². The largest absolute Gasteiger partial charge is 0.456 e. The van der Waals surface area contributed by atoms with Gasteiger partial charge in [0.1, 0.15) is 11.3 Å². The molecular weight excluding hydrogens is 544 g/mol. The highest BCUT2D eigenvalue weighted by atomic mass is 16.3. The Morgan fingerprint density at radius 3 is 1.51 bits per heavy atom. The van der Waals surface area contributed by atoms with E-state index >= 15 is 0 Å². The Balaban J connectivity index is 0.000000255. The van der Waals surface area contributed by atoms with Crippen molar-refractivity contribution in [3.8, 4) is 33.6 Å². The molecule has 9 aromatic rings. The summed E-state index contributed by atoms with van der Waals surface area (Å²) >= 11 is 0. The van der Waals surface area contributed by atoms with Gasteiger partial charge in [-0.05, 0) is 78.8 Å². The van der Waals surface area contributed by atoms with Crippen LogP contribution in [0, 0.1) is 0 Å². The second kappa shape index (κ2) is 11.6. The molecule has 0 saturated carbocycles. The zero-order valence-corrected chi connectivity index (χ0v) is 24.7. The van der Waals surface area contributed by atoms with E-state index in [4.69, 9.17) is 4.42 Å². The van der Waals surface area contributed by atoms with Crippen LogP contribution in [-0.4, -0.2) is 0 Å². The highest BCUT2D eigenvalue weighted by Crippen LogP contribution is 2.44. The van der Waals surface area contributed by atoms with E-state index < -0.39 is 0 Å². The second-order valence-corrected chi connectivity index (χ2v) is 11.3. The number of rotatable bonds is 3. The van der Waals surface area contributed by atoms with Gasteiger partial charge in [-0.3, -0.25) is 0 Å². The summed E-state index contributed by atoms with van der Waals surface area (Å²) in [5.41, 5.74) is 6.83. The number of benzene rings is 8. The van der Waals surface area contributed by atoms with Gasteiger partial charge in [-0.25, -0.2) is 0 Å². The van der Waals surface area contributed by atoms with Gasteiger partial charge in [-0.2, -0.15) is 0 Å². The molecule has 0 unspecified atom stereocenters. The van der Waals surface area contributed by atoms with Crippen molar-refractivity contribution in [1.29, 1.82) is 0 Å². The highest BCUT2D eigenvalue weighted by molar-refractivity contribution is 6.11. The Morgan fingerprint density at radius 2 is 0.844 bits per heavy atom. The molecule has 0 aliphatic heterocycles. The van der Waals surface area contributed by atoms with Crippen molar-refractivity contribution in [2.24, 2.45) is 0 Å². The minimum Gasteiger partial charge on any atom is -0.456 e. The van der Waals surface area contributed by atoms with Crippen LogP contribution in [-0.2, 0) is 0 Å². The molecule has 1 nitrogen and oxygen atoms in total. The van der Waals surface area contributed by atoms with Crippen molar-refractivity contribution >= 4 is 43.3 Å². The standard InChI is InChI=1S/C34H22O.C10H8/c1-2-10-23(11-3-1)28-19-18-26-20-24-12-4-5-13-25(24)21-31(26)34(28)30-16-8-7-15-29(30)33-22-27-14-6-9-17-32(27)35-33;1-2-6-10-8-4-3-7-9(10)5-1/h1-22H;1-8H. The molecule has 0 amide bonds. The van der Waals surface area contributed by atoms with Gasteiger partial charge in [0, 0.05) is 10.9 Å². The van der Waals surface area contributed by atoms with Crippen molar-refractivity contribution in [3.63, 3.8) is 0 Å². The summed E-state index contributed by atoms with van der Waals surface area (Å²) in [6.07, 6.45) is 0. The highest BCUT2D eigenvalue weighted by Gasteiger charge is 2.18. The third-order valence-electron chi connectivity index (χ3n) is 8.52. The molecule has 0 aliphatic carbocycles. The van der Waals surface area contributed by atoms with Gasteiger partial charge in [-0.1, -0.05) is 158 Å². The Kier molecular flexibility index (Phi) is 6.90. The summed E-state index contributed by atoms with van der Waals surface area (Å²) in [6, 6.07) is 64.1. The van der Waals surface area contributed by atoms with Crippen molar-refractivity contribution in [3.05, 3.63) is 182 Å². The lowest BCUT2D eigenvalue weighted by Gasteiger charge is -2.17. The fourth-order valence-electron chi connectivity index (χ4n) is 6.33. The fraction of sp³-hybridized carbons (Fsp3) is 0. The molecule has 8 aromatic carbocycles. The molecule has 0 N–H and O–H groups in total. The predicted molar refractivity (Wildman–Crippen MR) is 191 cm³/mol. The molecule has 1 heterocycles. The first-order valence-electron chi connectivity index (χ1n) is 15.3. The van der Waals surface area contributed by atoms with Crippen LogP contribution in [0.4, 0.5) is 0 Å². The lowest BCUT2D eigenvalue weighted by molar-refractivity contribution is 0.632. The number of fused-ring (bicyclic) bond motifs is 4. The fourth-order valence-corrected chi connectivity index (χ4v) is 6.33. The van der Waals surface area contributed by atoms with E-state index in [9.17, 15) is 0 Å². The molecule has 0 radical (unpaired) electrons. The summed E-state index contributed by atoms with van der Waals surface area (Å²) in [4.78, 5) is 0. The first kappa shape index (κ1) is 26.7. The first-order chi connectivity index (χ1) is 22.3. The quantitative estimate of drug-likeness (QED) is 0.191. The van der Waals surface area contributed by atoms with Gasteiger partial charge in [0.2, 0.25) is 0 Å². The minimum atomic E-state index is 0.888. The number of hydrogen-bond acceptors (Lipinski definition) is 1. The smallest absolute Gasteiger partial charge is 0.136 e. The maximum absolute atomic E-state index is 6.34. The molecule has 0 saturated heterocycles. The third-order valence-corrected chi connectivity index (χ3v) is 8.52.